The number of ether oxygens (including phenoxy) is 2. The van der Waals surface area contributed by atoms with Crippen molar-refractivity contribution in [1.82, 2.24) is 20.9 Å². The predicted molar refractivity (Wildman–Crippen MR) is 135 cm³/mol. The number of unbranched alkanes of at least 4 members (excludes halogenated alkanes) is 1. The molecule has 3 N–H and O–H groups in total. The van der Waals surface area contributed by atoms with E-state index in [4.69, 9.17) is 13.9 Å². The maximum Gasteiger partial charge on any atom is 0.407 e. The van der Waals surface area contributed by atoms with Crippen molar-refractivity contribution in [3.8, 4) is 0 Å². The first-order chi connectivity index (χ1) is 18.0. The number of nitrogens with one attached hydrogen (secondary N) is 3. The number of rotatable bonds is 14. The molecule has 3 aromatic rings. The van der Waals surface area contributed by atoms with E-state index in [9.17, 15) is 14.4 Å². The normalized spacial score (nSPS) is 11.4. The lowest BCUT2D eigenvalue weighted by atomic mass is 10.1. The second kappa shape index (κ2) is 15.0. The molecule has 0 aliphatic heterocycles. The van der Waals surface area contributed by atoms with Crippen LogP contribution >= 0.6 is 0 Å². The molecule has 0 spiro atoms. The third kappa shape index (κ3) is 9.77. The Morgan fingerprint density at radius 2 is 1.57 bits per heavy atom. The van der Waals surface area contributed by atoms with E-state index in [2.05, 4.69) is 20.9 Å². The first-order valence-corrected chi connectivity index (χ1v) is 12.1. The molecule has 2 aromatic carbocycles. The summed E-state index contributed by atoms with van der Waals surface area (Å²) in [6.07, 6.45) is 2.18. The second-order valence-corrected chi connectivity index (χ2v) is 8.26. The minimum Gasteiger partial charge on any atom is -0.459 e. The molecule has 3 rings (SSSR count). The average molecular weight is 509 g/mol. The number of carbonyl (C=O) groups is 3. The zero-order valence-electron chi connectivity index (χ0n) is 20.8. The van der Waals surface area contributed by atoms with Crippen molar-refractivity contribution in [2.45, 2.75) is 45.1 Å². The SMILES string of the molecule is CNCc1nc(C(=O)NC(CCCCNC(=O)OCc2ccccc2)C(=O)OCc2ccccc2)co1. The molecule has 0 saturated carbocycles. The molecule has 1 aromatic heterocycles. The van der Waals surface area contributed by atoms with Crippen molar-refractivity contribution in [3.63, 3.8) is 0 Å². The van der Waals surface area contributed by atoms with Gasteiger partial charge in [-0.2, -0.15) is 0 Å². The van der Waals surface area contributed by atoms with Crippen molar-refractivity contribution in [3.05, 3.63) is 89.6 Å². The van der Waals surface area contributed by atoms with Crippen molar-refractivity contribution in [1.29, 1.82) is 0 Å². The molecule has 0 fully saturated rings. The zero-order chi connectivity index (χ0) is 26.3. The van der Waals surface area contributed by atoms with Crippen LogP contribution in [0.15, 0.2) is 71.3 Å². The van der Waals surface area contributed by atoms with Crippen LogP contribution in [0.25, 0.3) is 0 Å². The summed E-state index contributed by atoms with van der Waals surface area (Å²) in [6, 6.07) is 17.8. The Kier molecular flexibility index (Phi) is 11.1. The minimum absolute atomic E-state index is 0.0777. The van der Waals surface area contributed by atoms with Gasteiger partial charge < -0.3 is 29.8 Å². The number of carbonyl (C=O) groups excluding carboxylic acids is 3. The van der Waals surface area contributed by atoms with Gasteiger partial charge in [-0.1, -0.05) is 60.7 Å². The molecule has 0 aliphatic carbocycles. The Hall–Kier alpha value is -4.18. The highest BCUT2D eigenvalue weighted by Crippen LogP contribution is 2.09. The first kappa shape index (κ1) is 27.4. The van der Waals surface area contributed by atoms with Gasteiger partial charge in [-0.15, -0.1) is 0 Å². The monoisotopic (exact) mass is 508 g/mol. The molecule has 37 heavy (non-hydrogen) atoms. The maximum atomic E-state index is 12.8. The van der Waals surface area contributed by atoms with Crippen molar-refractivity contribution >= 4 is 18.0 Å². The van der Waals surface area contributed by atoms with E-state index in [-0.39, 0.29) is 18.9 Å². The van der Waals surface area contributed by atoms with Crippen LogP contribution in [-0.4, -0.2) is 42.6 Å². The molecule has 0 radical (unpaired) electrons. The fraction of sp³-hybridized carbons (Fsp3) is 0.333. The lowest BCUT2D eigenvalue weighted by molar-refractivity contribution is -0.147. The van der Waals surface area contributed by atoms with Crippen LogP contribution in [0, 0.1) is 0 Å². The Labute approximate surface area is 215 Å². The van der Waals surface area contributed by atoms with E-state index in [1.54, 1.807) is 7.05 Å². The summed E-state index contributed by atoms with van der Waals surface area (Å²) in [7, 11) is 1.74. The van der Waals surface area contributed by atoms with Gasteiger partial charge >= 0.3 is 12.1 Å². The van der Waals surface area contributed by atoms with Crippen LogP contribution < -0.4 is 16.0 Å². The third-order valence-electron chi connectivity index (χ3n) is 5.33. The summed E-state index contributed by atoms with van der Waals surface area (Å²) in [5.41, 5.74) is 1.82. The van der Waals surface area contributed by atoms with Gasteiger partial charge in [0.1, 0.15) is 25.5 Å². The first-order valence-electron chi connectivity index (χ1n) is 12.1. The van der Waals surface area contributed by atoms with E-state index in [1.807, 2.05) is 60.7 Å². The van der Waals surface area contributed by atoms with Crippen LogP contribution in [0.1, 0.15) is 46.8 Å². The van der Waals surface area contributed by atoms with Crippen molar-refractivity contribution < 1.29 is 28.3 Å². The van der Waals surface area contributed by atoms with Gasteiger partial charge in [0.25, 0.3) is 5.91 Å². The molecule has 10 heteroatoms. The molecule has 1 atom stereocenters. The fourth-order valence-corrected chi connectivity index (χ4v) is 3.40. The van der Waals surface area contributed by atoms with Gasteiger partial charge in [0.05, 0.1) is 6.54 Å². The van der Waals surface area contributed by atoms with Gasteiger partial charge in [0, 0.05) is 6.54 Å². The van der Waals surface area contributed by atoms with E-state index in [0.29, 0.717) is 38.2 Å². The molecular formula is C27H32N4O6. The second-order valence-electron chi connectivity index (χ2n) is 8.26. The number of nitrogens with zero attached hydrogens (tertiary/aromatic N) is 1. The largest absolute Gasteiger partial charge is 0.459 e. The fourth-order valence-electron chi connectivity index (χ4n) is 3.40. The molecule has 10 nitrogen and oxygen atoms in total. The van der Waals surface area contributed by atoms with Gasteiger partial charge in [0.2, 0.25) is 5.89 Å². The predicted octanol–water partition coefficient (Wildman–Crippen LogP) is 3.33. The zero-order valence-corrected chi connectivity index (χ0v) is 20.8. The van der Waals surface area contributed by atoms with Crippen LogP contribution in [-0.2, 0) is 34.0 Å². The Balaban J connectivity index is 1.47. The lowest BCUT2D eigenvalue weighted by Crippen LogP contribution is -2.42. The molecule has 0 aliphatic rings. The van der Waals surface area contributed by atoms with E-state index in [0.717, 1.165) is 11.1 Å². The van der Waals surface area contributed by atoms with Crippen LogP contribution in [0.3, 0.4) is 0 Å². The number of oxazole rings is 1. The summed E-state index contributed by atoms with van der Waals surface area (Å²) in [5.74, 6) is -0.720. The Bertz CT molecular complexity index is 1120. The lowest BCUT2D eigenvalue weighted by Gasteiger charge is -2.17. The molecule has 0 saturated heterocycles. The number of hydrogen-bond donors (Lipinski definition) is 3. The number of benzene rings is 2. The van der Waals surface area contributed by atoms with Gasteiger partial charge in [-0.25, -0.2) is 14.6 Å². The number of aromatic nitrogens is 1. The third-order valence-corrected chi connectivity index (χ3v) is 5.33. The standard InChI is InChI=1S/C27H32N4O6/c1-28-16-24-30-23(19-35-24)25(32)31-22(26(33)36-17-20-10-4-2-5-11-20)14-8-9-15-29-27(34)37-18-21-12-6-3-7-13-21/h2-7,10-13,19,22,28H,8-9,14-18H2,1H3,(H,29,34)(H,31,32). The molecule has 196 valence electrons. The summed E-state index contributed by atoms with van der Waals surface area (Å²) >= 11 is 0. The van der Waals surface area contributed by atoms with Gasteiger partial charge in [-0.3, -0.25) is 4.79 Å². The summed E-state index contributed by atoms with van der Waals surface area (Å²) in [6.45, 7) is 1.02. The van der Waals surface area contributed by atoms with Crippen LogP contribution in [0.5, 0.6) is 0 Å². The van der Waals surface area contributed by atoms with Crippen LogP contribution in [0.4, 0.5) is 4.79 Å². The Morgan fingerprint density at radius 3 is 2.22 bits per heavy atom. The molecule has 1 unspecified atom stereocenters. The smallest absolute Gasteiger partial charge is 0.407 e. The summed E-state index contributed by atoms with van der Waals surface area (Å²) in [5, 5.41) is 8.28. The maximum absolute atomic E-state index is 12.8. The number of amides is 2. The van der Waals surface area contributed by atoms with Crippen LogP contribution in [0.2, 0.25) is 0 Å². The number of hydrogen-bond acceptors (Lipinski definition) is 8. The average Bonchev–Trinajstić information content (AvgIpc) is 3.40. The van der Waals surface area contributed by atoms with Gasteiger partial charge in [0.15, 0.2) is 5.69 Å². The van der Waals surface area contributed by atoms with E-state index < -0.39 is 24.0 Å². The highest BCUT2D eigenvalue weighted by atomic mass is 16.5. The summed E-state index contributed by atoms with van der Waals surface area (Å²) < 4.78 is 15.9. The summed E-state index contributed by atoms with van der Waals surface area (Å²) in [4.78, 5) is 41.5. The topological polar surface area (TPSA) is 132 Å². The van der Waals surface area contributed by atoms with Crippen molar-refractivity contribution in [2.24, 2.45) is 0 Å². The minimum atomic E-state index is -0.884. The molecule has 0 bridgehead atoms. The van der Waals surface area contributed by atoms with E-state index in [1.165, 1.54) is 6.26 Å². The van der Waals surface area contributed by atoms with Gasteiger partial charge in [-0.05, 0) is 37.4 Å². The highest BCUT2D eigenvalue weighted by molar-refractivity contribution is 5.94. The van der Waals surface area contributed by atoms with Crippen molar-refractivity contribution in [2.75, 3.05) is 13.6 Å². The molecule has 1 heterocycles. The number of alkyl carbamates (subject to hydrolysis) is 1. The quantitative estimate of drug-likeness (QED) is 0.223. The molecular weight excluding hydrogens is 476 g/mol. The highest BCUT2D eigenvalue weighted by Gasteiger charge is 2.24. The Morgan fingerprint density at radius 1 is 0.919 bits per heavy atom. The number of esters is 1. The molecule has 2 amide bonds. The van der Waals surface area contributed by atoms with E-state index >= 15 is 0 Å².